The van der Waals surface area contributed by atoms with E-state index in [-0.39, 0.29) is 39.9 Å². The predicted octanol–water partition coefficient (Wildman–Crippen LogP) is 5.02. The second kappa shape index (κ2) is 9.80. The number of rotatable bonds is 8. The molecule has 0 radical (unpaired) electrons. The molecule has 0 fully saturated rings. The summed E-state index contributed by atoms with van der Waals surface area (Å²) in [5, 5.41) is 10.5. The van der Waals surface area contributed by atoms with Crippen molar-refractivity contribution in [1.29, 1.82) is 0 Å². The van der Waals surface area contributed by atoms with E-state index >= 15 is 0 Å². The van der Waals surface area contributed by atoms with Crippen LogP contribution >= 0.6 is 11.6 Å². The van der Waals surface area contributed by atoms with Crippen LogP contribution in [0.4, 0.5) is 14.5 Å². The number of nitrogens with one attached hydrogen (secondary N) is 1. The summed E-state index contributed by atoms with van der Waals surface area (Å²) in [6.07, 6.45) is 1.88. The smallest absolute Gasteiger partial charge is 0.154 e. The summed E-state index contributed by atoms with van der Waals surface area (Å²) in [4.78, 5) is 10.9. The van der Waals surface area contributed by atoms with E-state index in [1.165, 1.54) is 12.3 Å². The van der Waals surface area contributed by atoms with Crippen molar-refractivity contribution in [2.45, 2.75) is 4.90 Å². The number of carbonyl (C=O) groups is 1. The van der Waals surface area contributed by atoms with Gasteiger partial charge >= 0.3 is 0 Å². The van der Waals surface area contributed by atoms with Crippen molar-refractivity contribution in [2.24, 2.45) is 5.73 Å². The number of hydrogen-bond acceptors (Lipinski definition) is 6. The zero-order chi connectivity index (χ0) is 24.4. The Labute approximate surface area is 199 Å². The Morgan fingerprint density at radius 1 is 1.18 bits per heavy atom. The van der Waals surface area contributed by atoms with Crippen molar-refractivity contribution in [3.05, 3.63) is 70.9 Å². The van der Waals surface area contributed by atoms with Crippen molar-refractivity contribution >= 4 is 45.5 Å². The van der Waals surface area contributed by atoms with Crippen LogP contribution in [0.5, 0.6) is 11.5 Å². The number of anilines is 1. The highest BCUT2D eigenvalue weighted by Gasteiger charge is 2.21. The number of ether oxygens (including phenoxy) is 1. The Kier molecular flexibility index (Phi) is 6.82. The number of phenols is 1. The normalized spacial score (nSPS) is 12.0. The largest absolute Gasteiger partial charge is 0.505 e. The molecule has 0 saturated heterocycles. The maximum absolute atomic E-state index is 15.0. The van der Waals surface area contributed by atoms with E-state index in [4.69, 9.17) is 26.5 Å². The van der Waals surface area contributed by atoms with Crippen LogP contribution in [0.3, 0.4) is 0 Å². The van der Waals surface area contributed by atoms with Crippen molar-refractivity contribution < 1.29 is 32.0 Å². The highest BCUT2D eigenvalue weighted by Crippen LogP contribution is 2.41. The summed E-state index contributed by atoms with van der Waals surface area (Å²) in [5.41, 5.74) is 5.94. The van der Waals surface area contributed by atoms with E-state index in [1.807, 2.05) is 0 Å². The minimum absolute atomic E-state index is 0.0520. The summed E-state index contributed by atoms with van der Waals surface area (Å²) in [6, 6.07) is 8.93. The van der Waals surface area contributed by atoms with E-state index in [0.717, 1.165) is 12.1 Å². The zero-order valence-corrected chi connectivity index (χ0v) is 18.9. The number of carbonyl (C=O) groups excluding carboxylic acids is 1. The van der Waals surface area contributed by atoms with Crippen LogP contribution in [0, 0.1) is 11.6 Å². The summed E-state index contributed by atoms with van der Waals surface area (Å²) in [6.45, 7) is 0.369. The second-order valence-corrected chi connectivity index (χ2v) is 8.65. The van der Waals surface area contributed by atoms with Gasteiger partial charge in [-0.2, -0.15) is 0 Å². The van der Waals surface area contributed by atoms with Crippen molar-refractivity contribution in [1.82, 2.24) is 0 Å². The van der Waals surface area contributed by atoms with Gasteiger partial charge in [-0.05, 0) is 36.4 Å². The first-order chi connectivity index (χ1) is 16.3. The highest BCUT2D eigenvalue weighted by molar-refractivity contribution is 7.86. The Morgan fingerprint density at radius 2 is 1.97 bits per heavy atom. The number of aldehydes is 1. The molecule has 1 atom stereocenters. The van der Waals surface area contributed by atoms with Crippen molar-refractivity contribution in [2.75, 3.05) is 17.9 Å². The van der Waals surface area contributed by atoms with E-state index in [0.29, 0.717) is 34.6 Å². The topological polar surface area (TPSA) is 115 Å². The fourth-order valence-electron chi connectivity index (χ4n) is 3.37. The summed E-state index contributed by atoms with van der Waals surface area (Å²) < 4.78 is 56.0. The molecule has 3 aromatic carbocycles. The minimum atomic E-state index is -2.25. The van der Waals surface area contributed by atoms with Gasteiger partial charge in [0.05, 0.1) is 17.0 Å². The van der Waals surface area contributed by atoms with Gasteiger partial charge in [-0.3, -0.25) is 9.52 Å². The molecule has 0 aliphatic heterocycles. The molecule has 7 nitrogen and oxygen atoms in total. The molecule has 1 aromatic heterocycles. The highest BCUT2D eigenvalue weighted by atomic mass is 35.5. The van der Waals surface area contributed by atoms with Crippen LogP contribution < -0.4 is 15.2 Å². The minimum Gasteiger partial charge on any atom is -0.505 e. The van der Waals surface area contributed by atoms with Gasteiger partial charge in [0.25, 0.3) is 0 Å². The number of furan rings is 1. The van der Waals surface area contributed by atoms with Crippen LogP contribution in [0.2, 0.25) is 5.02 Å². The molecule has 0 bridgehead atoms. The van der Waals surface area contributed by atoms with E-state index < -0.39 is 28.4 Å². The van der Waals surface area contributed by atoms with Crippen molar-refractivity contribution in [3.63, 3.8) is 0 Å². The van der Waals surface area contributed by atoms with Gasteiger partial charge in [-0.15, -0.1) is 0 Å². The second-order valence-electron chi connectivity index (χ2n) is 7.06. The predicted molar refractivity (Wildman–Crippen MR) is 125 cm³/mol. The molecule has 4 aromatic rings. The third kappa shape index (κ3) is 4.47. The van der Waals surface area contributed by atoms with E-state index in [1.54, 1.807) is 18.2 Å². The molecule has 1 unspecified atom stereocenters. The molecule has 34 heavy (non-hydrogen) atoms. The number of nitrogens with two attached hydrogens (primary N) is 1. The monoisotopic (exact) mass is 506 g/mol. The van der Waals surface area contributed by atoms with Crippen LogP contribution in [-0.2, 0) is 11.0 Å². The molecule has 0 aliphatic rings. The molecule has 1 heterocycles. The first-order valence-corrected chi connectivity index (χ1v) is 11.4. The lowest BCUT2D eigenvalue weighted by molar-refractivity contribution is 0.112. The maximum atomic E-state index is 15.0. The molecular formula is C23H17ClF2N2O5S. The number of fused-ring (bicyclic) bond motifs is 1. The van der Waals surface area contributed by atoms with Crippen LogP contribution in [-0.4, -0.2) is 28.8 Å². The molecular weight excluding hydrogens is 490 g/mol. The average molecular weight is 507 g/mol. The fourth-order valence-corrected chi connectivity index (χ4v) is 4.65. The molecule has 0 aliphatic carbocycles. The van der Waals surface area contributed by atoms with Crippen LogP contribution in [0.25, 0.3) is 22.1 Å². The number of aromatic hydroxyl groups is 1. The lowest BCUT2D eigenvalue weighted by atomic mass is 9.99. The van der Waals surface area contributed by atoms with Crippen LogP contribution in [0.15, 0.2) is 58.0 Å². The Bertz CT molecular complexity index is 1430. The maximum Gasteiger partial charge on any atom is 0.154 e. The van der Waals surface area contributed by atoms with E-state index in [9.17, 15) is 22.9 Å². The molecule has 4 rings (SSSR count). The first-order valence-electron chi connectivity index (χ1n) is 9.82. The number of benzene rings is 3. The zero-order valence-electron chi connectivity index (χ0n) is 17.3. The van der Waals surface area contributed by atoms with Crippen molar-refractivity contribution in [3.8, 4) is 22.6 Å². The van der Waals surface area contributed by atoms with Gasteiger partial charge in [0.15, 0.2) is 16.7 Å². The summed E-state index contributed by atoms with van der Waals surface area (Å²) in [5.74, 6) is -2.17. The molecule has 11 heteroatoms. The molecule has 4 N–H and O–H groups in total. The number of hydrogen-bond donors (Lipinski definition) is 3. The molecule has 176 valence electrons. The standard InChI is InChI=1S/C23H17ClF2N2O5S/c24-15-7-12(11-29)8-21(23(15)30)34(31)28-18-9-14(16(25)10-17(18)26)22-13-3-5-32-19(13)1-2-20(22)33-6-4-27/h1-3,5,7-11,28,30H,4,6,27H2. The van der Waals surface area contributed by atoms with Gasteiger partial charge in [-0.1, -0.05) is 11.6 Å². The summed E-state index contributed by atoms with van der Waals surface area (Å²) in [7, 11) is -2.25. The van der Waals surface area contributed by atoms with Gasteiger partial charge in [0, 0.05) is 34.7 Å². The Hall–Kier alpha value is -3.47. The Morgan fingerprint density at radius 3 is 2.71 bits per heavy atom. The quantitative estimate of drug-likeness (QED) is 0.289. The molecule has 0 saturated carbocycles. The SMILES string of the molecule is NCCOc1ccc2occc2c1-c1cc(NS(=O)c2cc(C=O)cc(Cl)c2O)c(F)cc1F. The van der Waals surface area contributed by atoms with E-state index in [2.05, 4.69) is 4.72 Å². The van der Waals surface area contributed by atoms with Gasteiger partial charge in [0.1, 0.15) is 40.8 Å². The van der Waals surface area contributed by atoms with Gasteiger partial charge in [0.2, 0.25) is 0 Å². The number of phenolic OH excluding ortho intramolecular Hbond substituents is 1. The fraction of sp³-hybridized carbons (Fsp3) is 0.0870. The average Bonchev–Trinajstić information content (AvgIpc) is 3.29. The lowest BCUT2D eigenvalue weighted by Gasteiger charge is -2.15. The molecule has 0 spiro atoms. The lowest BCUT2D eigenvalue weighted by Crippen LogP contribution is -2.11. The third-order valence-corrected chi connectivity index (χ3v) is 6.29. The van der Waals surface area contributed by atoms with Gasteiger partial charge in [-0.25, -0.2) is 13.0 Å². The summed E-state index contributed by atoms with van der Waals surface area (Å²) >= 11 is 5.88. The first kappa shape index (κ1) is 23.7. The Balaban J connectivity index is 1.81. The third-order valence-electron chi connectivity index (χ3n) is 4.89. The van der Waals surface area contributed by atoms with Crippen LogP contribution in [0.1, 0.15) is 10.4 Å². The van der Waals surface area contributed by atoms with Gasteiger partial charge < -0.3 is 20.0 Å². The molecule has 0 amide bonds. The number of halogens is 3.